The molecule has 0 aliphatic rings. The van der Waals surface area contributed by atoms with Crippen molar-refractivity contribution in [2.24, 2.45) is 5.14 Å². The molecule has 1 aromatic carbocycles. The Labute approximate surface area is 93.4 Å². The summed E-state index contributed by atoms with van der Waals surface area (Å²) >= 11 is 1.68. The zero-order valence-electron chi connectivity index (χ0n) is 6.68. The molecule has 0 atom stereocenters. The zero-order chi connectivity index (χ0) is 10.9. The number of hydrogen-bond donors (Lipinski definition) is 1. The van der Waals surface area contributed by atoms with Gasteiger partial charge in [-0.15, -0.1) is 0 Å². The molecule has 8 heteroatoms. The van der Waals surface area contributed by atoms with E-state index in [0.29, 0.717) is 0 Å². The summed E-state index contributed by atoms with van der Waals surface area (Å²) in [6, 6.07) is 3.93. The standard InChI is InChI=1S/C6H5IN2O4S/c7-4-2-1-3-5(9(10)11)6(4)14(8,12)13/h1-3H,(H2,8,12,13). The quantitative estimate of drug-likeness (QED) is 0.494. The number of sulfonamides is 1. The Hall–Kier alpha value is -0.740. The van der Waals surface area contributed by atoms with Crippen LogP contribution in [0.5, 0.6) is 0 Å². The number of halogens is 1. The molecular formula is C6H5IN2O4S. The summed E-state index contributed by atoms with van der Waals surface area (Å²) < 4.78 is 22.3. The van der Waals surface area contributed by atoms with Gasteiger partial charge in [-0.2, -0.15) is 0 Å². The van der Waals surface area contributed by atoms with Gasteiger partial charge in [0, 0.05) is 9.64 Å². The van der Waals surface area contributed by atoms with Gasteiger partial charge in [0.1, 0.15) is 0 Å². The monoisotopic (exact) mass is 328 g/mol. The lowest BCUT2D eigenvalue weighted by atomic mass is 10.3. The van der Waals surface area contributed by atoms with E-state index >= 15 is 0 Å². The lowest BCUT2D eigenvalue weighted by molar-refractivity contribution is -0.388. The number of nitrogens with zero attached hydrogens (tertiary/aromatic N) is 1. The van der Waals surface area contributed by atoms with E-state index in [9.17, 15) is 18.5 Å². The van der Waals surface area contributed by atoms with Crippen LogP contribution in [-0.2, 0) is 10.0 Å². The number of nitro benzene ring substituents is 1. The van der Waals surface area contributed by atoms with E-state index in [0.717, 1.165) is 6.07 Å². The molecule has 0 fully saturated rings. The molecule has 0 spiro atoms. The summed E-state index contributed by atoms with van der Waals surface area (Å²) in [6.07, 6.45) is 0. The lowest BCUT2D eigenvalue weighted by Crippen LogP contribution is -2.15. The van der Waals surface area contributed by atoms with Crippen LogP contribution in [0.1, 0.15) is 0 Å². The number of hydrogen-bond acceptors (Lipinski definition) is 4. The van der Waals surface area contributed by atoms with Crippen molar-refractivity contribution in [1.82, 2.24) is 0 Å². The second-order valence-corrected chi connectivity index (χ2v) is 5.05. The van der Waals surface area contributed by atoms with Gasteiger partial charge in [0.15, 0.2) is 4.90 Å². The first-order valence-corrected chi connectivity index (χ1v) is 5.92. The second-order valence-electron chi connectivity index (χ2n) is 2.39. The molecule has 0 aliphatic heterocycles. The fraction of sp³-hybridized carbons (Fsp3) is 0. The number of rotatable bonds is 2. The van der Waals surface area contributed by atoms with Crippen LogP contribution in [0, 0.1) is 13.7 Å². The summed E-state index contributed by atoms with van der Waals surface area (Å²) in [5, 5.41) is 15.4. The summed E-state index contributed by atoms with van der Waals surface area (Å²) in [4.78, 5) is 9.29. The number of nitrogens with two attached hydrogens (primary N) is 1. The SMILES string of the molecule is NS(=O)(=O)c1c(I)cccc1[N+](=O)[O-]. The summed E-state index contributed by atoms with van der Waals surface area (Å²) in [5.74, 6) is 0. The molecule has 1 aromatic rings. The van der Waals surface area contributed by atoms with Gasteiger partial charge in [0.25, 0.3) is 5.69 Å². The molecule has 0 amide bonds. The minimum atomic E-state index is -4.06. The van der Waals surface area contributed by atoms with E-state index in [1.807, 2.05) is 0 Å². The molecule has 0 bridgehead atoms. The Morgan fingerprint density at radius 2 is 2.00 bits per heavy atom. The van der Waals surface area contributed by atoms with Gasteiger partial charge >= 0.3 is 0 Å². The van der Waals surface area contributed by atoms with Crippen LogP contribution >= 0.6 is 22.6 Å². The van der Waals surface area contributed by atoms with Crippen LogP contribution in [0.4, 0.5) is 5.69 Å². The van der Waals surface area contributed by atoms with Gasteiger partial charge in [0.05, 0.1) is 4.92 Å². The predicted molar refractivity (Wildman–Crippen MR) is 57.2 cm³/mol. The Balaban J connectivity index is 3.62. The van der Waals surface area contributed by atoms with Crippen molar-refractivity contribution >= 4 is 38.3 Å². The Kier molecular flexibility index (Phi) is 3.07. The second kappa shape index (κ2) is 3.79. The smallest absolute Gasteiger partial charge is 0.258 e. The first kappa shape index (κ1) is 11.3. The predicted octanol–water partition coefficient (Wildman–Crippen LogP) is 0.847. The van der Waals surface area contributed by atoms with E-state index in [1.165, 1.54) is 12.1 Å². The summed E-state index contributed by atoms with van der Waals surface area (Å²) in [6.45, 7) is 0. The van der Waals surface area contributed by atoms with Crippen molar-refractivity contribution in [3.8, 4) is 0 Å². The highest BCUT2D eigenvalue weighted by molar-refractivity contribution is 14.1. The first-order chi connectivity index (χ1) is 6.34. The van der Waals surface area contributed by atoms with Crippen molar-refractivity contribution in [1.29, 1.82) is 0 Å². The molecule has 0 aromatic heterocycles. The number of benzene rings is 1. The molecule has 0 unspecified atom stereocenters. The van der Waals surface area contributed by atoms with Gasteiger partial charge in [-0.05, 0) is 28.7 Å². The topological polar surface area (TPSA) is 103 Å². The highest BCUT2D eigenvalue weighted by Crippen LogP contribution is 2.26. The summed E-state index contributed by atoms with van der Waals surface area (Å²) in [7, 11) is -4.06. The molecule has 0 radical (unpaired) electrons. The molecule has 6 nitrogen and oxygen atoms in total. The van der Waals surface area contributed by atoms with Crippen LogP contribution in [0.25, 0.3) is 0 Å². The molecule has 0 saturated heterocycles. The third-order valence-electron chi connectivity index (χ3n) is 1.43. The average Bonchev–Trinajstić information content (AvgIpc) is 2.01. The Bertz CT molecular complexity index is 485. The lowest BCUT2D eigenvalue weighted by Gasteiger charge is -2.01. The zero-order valence-corrected chi connectivity index (χ0v) is 9.65. The van der Waals surface area contributed by atoms with Crippen molar-refractivity contribution in [3.63, 3.8) is 0 Å². The third-order valence-corrected chi connectivity index (χ3v) is 3.69. The highest BCUT2D eigenvalue weighted by atomic mass is 127. The fourth-order valence-corrected chi connectivity index (χ4v) is 3.10. The van der Waals surface area contributed by atoms with Gasteiger partial charge < -0.3 is 0 Å². The maximum atomic E-state index is 11.0. The highest BCUT2D eigenvalue weighted by Gasteiger charge is 2.25. The molecular weight excluding hydrogens is 323 g/mol. The summed E-state index contributed by atoms with van der Waals surface area (Å²) in [5.41, 5.74) is -0.501. The van der Waals surface area contributed by atoms with E-state index < -0.39 is 25.5 Å². The van der Waals surface area contributed by atoms with E-state index in [2.05, 4.69) is 0 Å². The minimum absolute atomic E-state index is 0.235. The number of primary sulfonamides is 1. The molecule has 0 heterocycles. The van der Waals surface area contributed by atoms with E-state index in [1.54, 1.807) is 22.6 Å². The van der Waals surface area contributed by atoms with Crippen LogP contribution in [0.2, 0.25) is 0 Å². The van der Waals surface area contributed by atoms with Crippen LogP contribution in [-0.4, -0.2) is 13.3 Å². The van der Waals surface area contributed by atoms with Gasteiger partial charge in [-0.3, -0.25) is 10.1 Å². The molecule has 1 rings (SSSR count). The van der Waals surface area contributed by atoms with Crippen molar-refractivity contribution < 1.29 is 13.3 Å². The third kappa shape index (κ3) is 2.19. The van der Waals surface area contributed by atoms with Gasteiger partial charge in [-0.1, -0.05) is 6.07 Å². The molecule has 14 heavy (non-hydrogen) atoms. The molecule has 76 valence electrons. The fourth-order valence-electron chi connectivity index (χ4n) is 0.923. The van der Waals surface area contributed by atoms with Crippen molar-refractivity contribution in [2.45, 2.75) is 4.90 Å². The van der Waals surface area contributed by atoms with Crippen molar-refractivity contribution in [2.75, 3.05) is 0 Å². The van der Waals surface area contributed by atoms with Crippen molar-refractivity contribution in [3.05, 3.63) is 31.9 Å². The minimum Gasteiger partial charge on any atom is -0.258 e. The molecule has 0 aliphatic carbocycles. The van der Waals surface area contributed by atoms with Crippen LogP contribution < -0.4 is 5.14 Å². The molecule has 2 N–H and O–H groups in total. The molecule has 0 saturated carbocycles. The maximum Gasteiger partial charge on any atom is 0.290 e. The normalized spacial score (nSPS) is 11.3. The number of nitro groups is 1. The Morgan fingerprint density at radius 3 is 2.36 bits per heavy atom. The van der Waals surface area contributed by atoms with E-state index in [-0.39, 0.29) is 3.57 Å². The Morgan fingerprint density at radius 1 is 1.43 bits per heavy atom. The maximum absolute atomic E-state index is 11.0. The van der Waals surface area contributed by atoms with Gasteiger partial charge in [-0.25, -0.2) is 13.6 Å². The van der Waals surface area contributed by atoms with Crippen LogP contribution in [0.3, 0.4) is 0 Å². The van der Waals surface area contributed by atoms with Crippen LogP contribution in [0.15, 0.2) is 23.1 Å². The van der Waals surface area contributed by atoms with E-state index in [4.69, 9.17) is 5.14 Å². The first-order valence-electron chi connectivity index (χ1n) is 3.29. The average molecular weight is 328 g/mol. The van der Waals surface area contributed by atoms with Gasteiger partial charge in [0.2, 0.25) is 10.0 Å². The largest absolute Gasteiger partial charge is 0.290 e.